The van der Waals surface area contributed by atoms with E-state index in [1.54, 1.807) is 11.4 Å². The number of hydrogen-bond acceptors (Lipinski definition) is 4. The highest BCUT2D eigenvalue weighted by atomic mass is 127. The Morgan fingerprint density at radius 3 is 2.55 bits per heavy atom. The molecule has 2 rings (SSSR count). The molecule has 0 spiro atoms. The van der Waals surface area contributed by atoms with Crippen molar-refractivity contribution in [1.82, 2.24) is 14.9 Å². The highest BCUT2D eigenvalue weighted by Crippen LogP contribution is 2.21. The summed E-state index contributed by atoms with van der Waals surface area (Å²) in [7, 11) is -1.32. The predicted molar refractivity (Wildman–Crippen MR) is 130 cm³/mol. The first kappa shape index (κ1) is 26.0. The van der Waals surface area contributed by atoms with Crippen LogP contribution < -0.4 is 15.4 Å². The number of halogens is 1. The van der Waals surface area contributed by atoms with Gasteiger partial charge in [0, 0.05) is 38.8 Å². The van der Waals surface area contributed by atoms with E-state index < -0.39 is 10.0 Å². The number of rotatable bonds is 8. The van der Waals surface area contributed by atoms with Crippen molar-refractivity contribution in [1.29, 1.82) is 0 Å². The summed E-state index contributed by atoms with van der Waals surface area (Å²) in [5.41, 5.74) is 2.28. The molecule has 0 aromatic heterocycles. The van der Waals surface area contributed by atoms with Crippen LogP contribution in [0, 0.1) is 12.8 Å². The first-order valence-electron chi connectivity index (χ1n) is 9.95. The Kier molecular flexibility index (Phi) is 11.3. The Morgan fingerprint density at radius 2 is 1.97 bits per heavy atom. The molecule has 1 heterocycles. The first-order valence-corrected chi connectivity index (χ1v) is 11.8. The van der Waals surface area contributed by atoms with E-state index in [0.29, 0.717) is 32.2 Å². The van der Waals surface area contributed by atoms with Gasteiger partial charge in [0.2, 0.25) is 10.0 Å². The molecule has 1 aliphatic heterocycles. The fraction of sp³-hybridized carbons (Fsp3) is 0.650. The van der Waals surface area contributed by atoms with Gasteiger partial charge in [0.1, 0.15) is 5.75 Å². The van der Waals surface area contributed by atoms with Gasteiger partial charge in [-0.3, -0.25) is 4.99 Å². The topological polar surface area (TPSA) is 83.0 Å². The number of nitrogens with one attached hydrogen (secondary N) is 2. The lowest BCUT2D eigenvalue weighted by Gasteiger charge is -2.30. The van der Waals surface area contributed by atoms with E-state index in [4.69, 9.17) is 4.74 Å². The third-order valence-electron chi connectivity index (χ3n) is 4.95. The summed E-state index contributed by atoms with van der Waals surface area (Å²) in [5, 5.41) is 6.71. The van der Waals surface area contributed by atoms with Gasteiger partial charge in [0.25, 0.3) is 0 Å². The monoisotopic (exact) mass is 538 g/mol. The second-order valence-corrected chi connectivity index (χ2v) is 9.35. The summed E-state index contributed by atoms with van der Waals surface area (Å²) in [6, 6.07) is 6.24. The van der Waals surface area contributed by atoms with Crippen LogP contribution in [0.5, 0.6) is 5.75 Å². The Morgan fingerprint density at radius 1 is 1.28 bits per heavy atom. The number of sulfonamides is 1. The van der Waals surface area contributed by atoms with Gasteiger partial charge in [-0.15, -0.1) is 24.0 Å². The van der Waals surface area contributed by atoms with Crippen molar-refractivity contribution < 1.29 is 13.2 Å². The van der Waals surface area contributed by atoms with Crippen LogP contribution in [0.3, 0.4) is 0 Å². The van der Waals surface area contributed by atoms with Crippen molar-refractivity contribution in [2.45, 2.75) is 39.7 Å². The first-order chi connectivity index (χ1) is 13.3. The summed E-state index contributed by atoms with van der Waals surface area (Å²) >= 11 is 0. The van der Waals surface area contributed by atoms with Gasteiger partial charge in [-0.05, 0) is 43.7 Å². The van der Waals surface area contributed by atoms with Gasteiger partial charge in [-0.1, -0.05) is 19.1 Å². The van der Waals surface area contributed by atoms with E-state index in [9.17, 15) is 8.42 Å². The van der Waals surface area contributed by atoms with Crippen LogP contribution >= 0.6 is 24.0 Å². The summed E-state index contributed by atoms with van der Waals surface area (Å²) in [5.74, 6) is 2.10. The molecule has 0 unspecified atom stereocenters. The van der Waals surface area contributed by atoms with Gasteiger partial charge in [-0.25, -0.2) is 12.7 Å². The van der Waals surface area contributed by atoms with Crippen LogP contribution in [0.15, 0.2) is 23.2 Å². The van der Waals surface area contributed by atoms with Crippen LogP contribution in [0.2, 0.25) is 0 Å². The van der Waals surface area contributed by atoms with Crippen molar-refractivity contribution in [3.05, 3.63) is 29.3 Å². The van der Waals surface area contributed by atoms with E-state index in [-0.39, 0.29) is 24.0 Å². The Labute approximate surface area is 192 Å². The number of ether oxygens (including phenoxy) is 1. The number of hydrogen-bond donors (Lipinski definition) is 2. The lowest BCUT2D eigenvalue weighted by molar-refractivity contribution is 0.274. The normalized spacial score (nSPS) is 16.2. The van der Waals surface area contributed by atoms with Crippen molar-refractivity contribution in [2.24, 2.45) is 10.9 Å². The summed E-state index contributed by atoms with van der Waals surface area (Å²) < 4.78 is 30.7. The highest BCUT2D eigenvalue weighted by molar-refractivity contribution is 14.0. The molecule has 1 aliphatic rings. The maximum absolute atomic E-state index is 11.6. The lowest BCUT2D eigenvalue weighted by Crippen LogP contribution is -2.43. The Hall–Kier alpha value is -1.07. The molecule has 0 saturated carbocycles. The van der Waals surface area contributed by atoms with E-state index in [1.165, 1.54) is 11.8 Å². The molecule has 1 saturated heterocycles. The maximum Gasteiger partial charge on any atom is 0.211 e. The number of aliphatic imine (C=N–C) groups is 1. The molecule has 0 atom stereocenters. The van der Waals surface area contributed by atoms with Crippen molar-refractivity contribution in [2.75, 3.05) is 39.5 Å². The molecule has 1 fully saturated rings. The standard InChI is InChI=1S/C20H34N4O3S.HI/c1-5-12-27-19-13-16(2)6-7-18(19)15-23-20(21-3)22-14-17-8-10-24(11-9-17)28(4,25)26;/h6-7,13,17H,5,8-12,14-15H2,1-4H3,(H2,21,22,23);1H. The van der Waals surface area contributed by atoms with Gasteiger partial charge in [-0.2, -0.15) is 0 Å². The number of guanidine groups is 1. The summed E-state index contributed by atoms with van der Waals surface area (Å²) in [4.78, 5) is 4.30. The molecular weight excluding hydrogens is 503 g/mol. The number of nitrogens with zero attached hydrogens (tertiary/aromatic N) is 2. The minimum absolute atomic E-state index is 0. The molecule has 0 radical (unpaired) electrons. The second kappa shape index (κ2) is 12.6. The van der Waals surface area contributed by atoms with E-state index >= 15 is 0 Å². The van der Waals surface area contributed by atoms with Crippen LogP contribution in [0.25, 0.3) is 0 Å². The van der Waals surface area contributed by atoms with Crippen LogP contribution in [-0.2, 0) is 16.6 Å². The minimum atomic E-state index is -3.07. The molecule has 166 valence electrons. The van der Waals surface area contributed by atoms with E-state index in [1.807, 2.05) is 0 Å². The van der Waals surface area contributed by atoms with Gasteiger partial charge >= 0.3 is 0 Å². The predicted octanol–water partition coefficient (Wildman–Crippen LogP) is 2.74. The maximum atomic E-state index is 11.6. The third-order valence-corrected chi connectivity index (χ3v) is 6.26. The smallest absolute Gasteiger partial charge is 0.211 e. The zero-order valence-corrected chi connectivity index (χ0v) is 21.0. The van der Waals surface area contributed by atoms with E-state index in [0.717, 1.165) is 43.1 Å². The zero-order valence-electron chi connectivity index (χ0n) is 17.9. The number of benzene rings is 1. The largest absolute Gasteiger partial charge is 0.493 e. The summed E-state index contributed by atoms with van der Waals surface area (Å²) in [6.45, 7) is 7.47. The summed E-state index contributed by atoms with van der Waals surface area (Å²) in [6.07, 6.45) is 3.98. The molecule has 9 heteroatoms. The van der Waals surface area contributed by atoms with Crippen LogP contribution in [-0.4, -0.2) is 58.2 Å². The minimum Gasteiger partial charge on any atom is -0.493 e. The van der Waals surface area contributed by atoms with Crippen molar-refractivity contribution in [3.8, 4) is 5.75 Å². The Bertz CT molecular complexity index is 763. The van der Waals surface area contributed by atoms with Crippen molar-refractivity contribution >= 4 is 40.0 Å². The van der Waals surface area contributed by atoms with Gasteiger partial charge < -0.3 is 15.4 Å². The average Bonchev–Trinajstić information content (AvgIpc) is 2.67. The third kappa shape index (κ3) is 8.67. The molecule has 7 nitrogen and oxygen atoms in total. The molecule has 1 aromatic rings. The highest BCUT2D eigenvalue weighted by Gasteiger charge is 2.24. The fourth-order valence-electron chi connectivity index (χ4n) is 3.24. The van der Waals surface area contributed by atoms with Gasteiger partial charge in [0.15, 0.2) is 5.96 Å². The molecule has 1 aromatic carbocycles. The molecule has 0 aliphatic carbocycles. The van der Waals surface area contributed by atoms with Crippen molar-refractivity contribution in [3.63, 3.8) is 0 Å². The second-order valence-electron chi connectivity index (χ2n) is 7.37. The lowest BCUT2D eigenvalue weighted by atomic mass is 9.98. The SMILES string of the molecule is CCCOc1cc(C)ccc1CNC(=NC)NCC1CCN(S(C)(=O)=O)CC1.I. The number of piperidine rings is 1. The molecular formula is C20H35IN4O3S. The fourth-order valence-corrected chi connectivity index (χ4v) is 4.11. The van der Waals surface area contributed by atoms with Crippen LogP contribution in [0.1, 0.15) is 37.3 Å². The number of aryl methyl sites for hydroxylation is 1. The zero-order chi connectivity index (χ0) is 20.6. The molecule has 0 bridgehead atoms. The molecule has 0 amide bonds. The average molecular weight is 538 g/mol. The molecule has 29 heavy (non-hydrogen) atoms. The van der Waals surface area contributed by atoms with Crippen LogP contribution in [0.4, 0.5) is 0 Å². The van der Waals surface area contributed by atoms with E-state index in [2.05, 4.69) is 47.7 Å². The molecule has 2 N–H and O–H groups in total. The quantitative estimate of drug-likeness (QED) is 0.302. The Balaban J connectivity index is 0.00000420. The van der Waals surface area contributed by atoms with Gasteiger partial charge in [0.05, 0.1) is 12.9 Å².